The summed E-state index contributed by atoms with van der Waals surface area (Å²) in [6.07, 6.45) is 1.84. The van der Waals surface area contributed by atoms with Crippen molar-refractivity contribution in [2.45, 2.75) is 46.2 Å². The van der Waals surface area contributed by atoms with Crippen LogP contribution < -0.4 is 5.73 Å². The standard InChI is InChI=1S/C14H21N3S/c1-4-11-8-12(17(5-2)16-11)9-13(15)14-7-6-10(3)18-14/h6-8,13H,4-5,9,15H2,1-3H3. The Morgan fingerprint density at radius 2 is 2.17 bits per heavy atom. The smallest absolute Gasteiger partial charge is 0.0624 e. The second-order valence-electron chi connectivity index (χ2n) is 4.56. The molecule has 0 fully saturated rings. The lowest BCUT2D eigenvalue weighted by atomic mass is 10.1. The molecule has 2 aromatic rings. The average molecular weight is 263 g/mol. The van der Waals surface area contributed by atoms with Crippen molar-refractivity contribution in [1.82, 2.24) is 9.78 Å². The van der Waals surface area contributed by atoms with Gasteiger partial charge < -0.3 is 5.73 Å². The highest BCUT2D eigenvalue weighted by molar-refractivity contribution is 7.12. The van der Waals surface area contributed by atoms with Crippen molar-refractivity contribution >= 4 is 11.3 Å². The Hall–Kier alpha value is -1.13. The molecular formula is C14H21N3S. The van der Waals surface area contributed by atoms with E-state index in [0.29, 0.717) is 0 Å². The fraction of sp³-hybridized carbons (Fsp3) is 0.500. The molecule has 0 aromatic carbocycles. The van der Waals surface area contributed by atoms with Crippen molar-refractivity contribution in [3.8, 4) is 0 Å². The Labute approximate surface area is 113 Å². The van der Waals surface area contributed by atoms with Gasteiger partial charge in [-0.25, -0.2) is 0 Å². The summed E-state index contributed by atoms with van der Waals surface area (Å²) in [5.41, 5.74) is 8.68. The van der Waals surface area contributed by atoms with Gasteiger partial charge in [0.05, 0.1) is 5.69 Å². The Morgan fingerprint density at radius 3 is 2.72 bits per heavy atom. The first kappa shape index (κ1) is 13.3. The molecule has 0 radical (unpaired) electrons. The van der Waals surface area contributed by atoms with E-state index < -0.39 is 0 Å². The molecular weight excluding hydrogens is 242 g/mol. The maximum absolute atomic E-state index is 6.28. The molecule has 18 heavy (non-hydrogen) atoms. The summed E-state index contributed by atoms with van der Waals surface area (Å²) in [6.45, 7) is 7.28. The summed E-state index contributed by atoms with van der Waals surface area (Å²) in [5, 5.41) is 4.56. The molecule has 0 amide bonds. The van der Waals surface area contributed by atoms with Crippen LogP contribution >= 0.6 is 11.3 Å². The van der Waals surface area contributed by atoms with Crippen LogP contribution in [-0.4, -0.2) is 9.78 Å². The lowest BCUT2D eigenvalue weighted by Crippen LogP contribution is -2.15. The Bertz CT molecular complexity index is 513. The number of aromatic nitrogens is 2. The summed E-state index contributed by atoms with van der Waals surface area (Å²) < 4.78 is 2.07. The molecule has 2 aromatic heterocycles. The third kappa shape index (κ3) is 2.82. The van der Waals surface area contributed by atoms with Gasteiger partial charge in [0.1, 0.15) is 0 Å². The molecule has 98 valence electrons. The summed E-state index contributed by atoms with van der Waals surface area (Å²) in [7, 11) is 0. The fourth-order valence-corrected chi connectivity index (χ4v) is 2.98. The highest BCUT2D eigenvalue weighted by atomic mass is 32.1. The zero-order chi connectivity index (χ0) is 13.1. The SMILES string of the molecule is CCc1cc(CC(N)c2ccc(C)s2)n(CC)n1. The van der Waals surface area contributed by atoms with Crippen LogP contribution in [0.2, 0.25) is 0 Å². The molecule has 0 aliphatic rings. The number of nitrogens with zero attached hydrogens (tertiary/aromatic N) is 2. The molecule has 0 spiro atoms. The Balaban J connectivity index is 2.15. The van der Waals surface area contributed by atoms with Crippen LogP contribution in [0.25, 0.3) is 0 Å². The van der Waals surface area contributed by atoms with Gasteiger partial charge in [0, 0.05) is 34.5 Å². The van der Waals surface area contributed by atoms with Crippen LogP contribution in [0, 0.1) is 6.92 Å². The molecule has 2 N–H and O–H groups in total. The second kappa shape index (κ2) is 5.67. The quantitative estimate of drug-likeness (QED) is 0.901. The summed E-state index contributed by atoms with van der Waals surface area (Å²) >= 11 is 1.79. The van der Waals surface area contributed by atoms with Gasteiger partial charge in [0.2, 0.25) is 0 Å². The van der Waals surface area contributed by atoms with Crippen LogP contribution in [0.1, 0.15) is 41.0 Å². The van der Waals surface area contributed by atoms with E-state index in [1.165, 1.54) is 15.4 Å². The highest BCUT2D eigenvalue weighted by Gasteiger charge is 2.13. The molecule has 2 rings (SSSR count). The minimum Gasteiger partial charge on any atom is -0.323 e. The van der Waals surface area contributed by atoms with Crippen molar-refractivity contribution in [1.29, 1.82) is 0 Å². The van der Waals surface area contributed by atoms with Crippen molar-refractivity contribution < 1.29 is 0 Å². The molecule has 0 bridgehead atoms. The molecule has 3 nitrogen and oxygen atoms in total. The average Bonchev–Trinajstić information content (AvgIpc) is 2.95. The van der Waals surface area contributed by atoms with Crippen molar-refractivity contribution in [2.24, 2.45) is 5.73 Å². The third-order valence-corrected chi connectivity index (χ3v) is 4.26. The van der Waals surface area contributed by atoms with Crippen molar-refractivity contribution in [2.75, 3.05) is 0 Å². The number of rotatable bonds is 5. The highest BCUT2D eigenvalue weighted by Crippen LogP contribution is 2.24. The topological polar surface area (TPSA) is 43.8 Å². The van der Waals surface area contributed by atoms with E-state index in [-0.39, 0.29) is 6.04 Å². The van der Waals surface area contributed by atoms with E-state index in [1.807, 2.05) is 0 Å². The van der Waals surface area contributed by atoms with Gasteiger partial charge in [-0.05, 0) is 38.5 Å². The maximum atomic E-state index is 6.28. The van der Waals surface area contributed by atoms with E-state index in [2.05, 4.69) is 48.8 Å². The van der Waals surface area contributed by atoms with E-state index >= 15 is 0 Å². The molecule has 1 atom stereocenters. The second-order valence-corrected chi connectivity index (χ2v) is 5.87. The predicted octanol–water partition coefficient (Wildman–Crippen LogP) is 3.08. The van der Waals surface area contributed by atoms with Gasteiger partial charge in [-0.3, -0.25) is 4.68 Å². The van der Waals surface area contributed by atoms with Crippen LogP contribution in [-0.2, 0) is 19.4 Å². The lowest BCUT2D eigenvalue weighted by Gasteiger charge is -2.10. The van der Waals surface area contributed by atoms with Crippen LogP contribution in [0.15, 0.2) is 18.2 Å². The molecule has 0 saturated carbocycles. The van der Waals surface area contributed by atoms with Crippen LogP contribution in [0.3, 0.4) is 0 Å². The predicted molar refractivity (Wildman–Crippen MR) is 77.0 cm³/mol. The van der Waals surface area contributed by atoms with Gasteiger partial charge in [-0.2, -0.15) is 5.10 Å². The number of hydrogen-bond acceptors (Lipinski definition) is 3. The first-order valence-electron chi connectivity index (χ1n) is 6.51. The molecule has 4 heteroatoms. The number of thiophene rings is 1. The van der Waals surface area contributed by atoms with Gasteiger partial charge in [0.15, 0.2) is 0 Å². The monoisotopic (exact) mass is 263 g/mol. The lowest BCUT2D eigenvalue weighted by molar-refractivity contribution is 0.588. The van der Waals surface area contributed by atoms with Crippen LogP contribution in [0.4, 0.5) is 0 Å². The van der Waals surface area contributed by atoms with E-state index in [9.17, 15) is 0 Å². The summed E-state index contributed by atoms with van der Waals surface area (Å²) in [6, 6.07) is 6.53. The van der Waals surface area contributed by atoms with E-state index in [0.717, 1.165) is 25.1 Å². The molecule has 0 saturated heterocycles. The third-order valence-electron chi connectivity index (χ3n) is 3.13. The first-order valence-corrected chi connectivity index (χ1v) is 7.33. The Kier molecular flexibility index (Phi) is 4.19. The minimum absolute atomic E-state index is 0.0791. The fourth-order valence-electron chi connectivity index (χ4n) is 2.10. The normalized spacial score (nSPS) is 12.9. The molecule has 1 unspecified atom stereocenters. The van der Waals surface area contributed by atoms with Gasteiger partial charge >= 0.3 is 0 Å². The number of hydrogen-bond donors (Lipinski definition) is 1. The van der Waals surface area contributed by atoms with Gasteiger partial charge in [-0.15, -0.1) is 11.3 Å². The molecule has 0 aliphatic heterocycles. The molecule has 0 aliphatic carbocycles. The zero-order valence-corrected chi connectivity index (χ0v) is 12.1. The first-order chi connectivity index (χ1) is 8.63. The largest absolute Gasteiger partial charge is 0.323 e. The minimum atomic E-state index is 0.0791. The van der Waals surface area contributed by atoms with Gasteiger partial charge in [0.25, 0.3) is 0 Å². The van der Waals surface area contributed by atoms with Crippen molar-refractivity contribution in [3.05, 3.63) is 39.3 Å². The number of nitrogens with two attached hydrogens (primary N) is 1. The van der Waals surface area contributed by atoms with Crippen LogP contribution in [0.5, 0.6) is 0 Å². The van der Waals surface area contributed by atoms with Gasteiger partial charge in [-0.1, -0.05) is 6.92 Å². The Morgan fingerprint density at radius 1 is 1.39 bits per heavy atom. The number of aryl methyl sites for hydroxylation is 3. The van der Waals surface area contributed by atoms with Crippen molar-refractivity contribution in [3.63, 3.8) is 0 Å². The molecule has 2 heterocycles. The zero-order valence-electron chi connectivity index (χ0n) is 11.3. The van der Waals surface area contributed by atoms with E-state index in [1.54, 1.807) is 11.3 Å². The van der Waals surface area contributed by atoms with E-state index in [4.69, 9.17) is 5.73 Å². The summed E-state index contributed by atoms with van der Waals surface area (Å²) in [4.78, 5) is 2.58. The maximum Gasteiger partial charge on any atom is 0.0624 e. The summed E-state index contributed by atoms with van der Waals surface area (Å²) in [5.74, 6) is 0.